The second-order valence-corrected chi connectivity index (χ2v) is 11.3. The van der Waals surface area contributed by atoms with Crippen LogP contribution in [0.15, 0.2) is 48.5 Å². The Morgan fingerprint density at radius 3 is 2.00 bits per heavy atom. The molecule has 1 atom stereocenters. The first-order chi connectivity index (χ1) is 18.8. The zero-order valence-corrected chi connectivity index (χ0v) is 23.9. The number of aliphatic carboxylic acids is 1. The predicted octanol–water partition coefficient (Wildman–Crippen LogP) is 4.38. The number of rotatable bonds is 10. The molecule has 216 valence electrons. The average molecular weight is 554 g/mol. The number of carboxylic acids is 1. The van der Waals surface area contributed by atoms with Crippen molar-refractivity contribution >= 4 is 24.1 Å². The SMILES string of the molecule is CCN(CCNC(=O)C(C)(C)[C@H](NC(=O)OCC1c2ccccc2-c2ccccc21)C(=O)O)C(=O)OC(C)(C)C. The first-order valence-electron chi connectivity index (χ1n) is 13.4. The molecule has 2 aromatic carbocycles. The van der Waals surface area contributed by atoms with Gasteiger partial charge in [-0.15, -0.1) is 0 Å². The second kappa shape index (κ2) is 12.4. The first-order valence-corrected chi connectivity index (χ1v) is 13.4. The van der Waals surface area contributed by atoms with Crippen LogP contribution in [-0.2, 0) is 19.1 Å². The number of ether oxygens (including phenoxy) is 2. The largest absolute Gasteiger partial charge is 0.480 e. The molecule has 10 nitrogen and oxygen atoms in total. The summed E-state index contributed by atoms with van der Waals surface area (Å²) in [5.41, 5.74) is 2.01. The van der Waals surface area contributed by atoms with Crippen LogP contribution in [-0.4, -0.2) is 72.0 Å². The van der Waals surface area contributed by atoms with E-state index in [4.69, 9.17) is 9.47 Å². The van der Waals surface area contributed by atoms with Crippen LogP contribution in [0.3, 0.4) is 0 Å². The van der Waals surface area contributed by atoms with Gasteiger partial charge in [0, 0.05) is 25.6 Å². The van der Waals surface area contributed by atoms with E-state index >= 15 is 0 Å². The number of nitrogens with one attached hydrogen (secondary N) is 2. The molecular formula is C30H39N3O7. The van der Waals surface area contributed by atoms with E-state index in [1.54, 1.807) is 27.7 Å². The third-order valence-corrected chi connectivity index (χ3v) is 6.86. The molecule has 2 aromatic rings. The molecule has 0 aliphatic heterocycles. The normalized spacial score (nSPS) is 13.4. The Bertz CT molecular complexity index is 1210. The summed E-state index contributed by atoms with van der Waals surface area (Å²) in [6, 6.07) is 14.2. The van der Waals surface area contributed by atoms with Crippen LogP contribution in [0, 0.1) is 5.41 Å². The Morgan fingerprint density at radius 2 is 1.50 bits per heavy atom. The molecule has 3 amide bonds. The Morgan fingerprint density at radius 1 is 0.950 bits per heavy atom. The van der Waals surface area contributed by atoms with Crippen molar-refractivity contribution in [1.82, 2.24) is 15.5 Å². The van der Waals surface area contributed by atoms with E-state index in [-0.39, 0.29) is 25.6 Å². The number of carbonyl (C=O) groups is 4. The van der Waals surface area contributed by atoms with Gasteiger partial charge in [0.25, 0.3) is 0 Å². The van der Waals surface area contributed by atoms with Crippen LogP contribution in [0.5, 0.6) is 0 Å². The van der Waals surface area contributed by atoms with Crippen LogP contribution in [0.4, 0.5) is 9.59 Å². The van der Waals surface area contributed by atoms with E-state index in [1.165, 1.54) is 18.7 Å². The number of amides is 3. The van der Waals surface area contributed by atoms with Gasteiger partial charge in [0.2, 0.25) is 5.91 Å². The zero-order valence-electron chi connectivity index (χ0n) is 23.9. The summed E-state index contributed by atoms with van der Waals surface area (Å²) in [4.78, 5) is 51.6. The highest BCUT2D eigenvalue weighted by Gasteiger charge is 2.43. The number of hydrogen-bond acceptors (Lipinski definition) is 6. The maximum absolute atomic E-state index is 13.0. The van der Waals surface area contributed by atoms with E-state index in [9.17, 15) is 24.3 Å². The van der Waals surface area contributed by atoms with Crippen LogP contribution in [0.1, 0.15) is 58.6 Å². The monoisotopic (exact) mass is 553 g/mol. The lowest BCUT2D eigenvalue weighted by Crippen LogP contribution is -2.57. The van der Waals surface area contributed by atoms with Crippen molar-refractivity contribution in [2.24, 2.45) is 5.41 Å². The van der Waals surface area contributed by atoms with Crippen molar-refractivity contribution in [3.8, 4) is 11.1 Å². The number of hydrogen-bond donors (Lipinski definition) is 3. The number of alkyl carbamates (subject to hydrolysis) is 1. The number of benzene rings is 2. The van der Waals surface area contributed by atoms with E-state index in [1.807, 2.05) is 48.5 Å². The van der Waals surface area contributed by atoms with E-state index in [2.05, 4.69) is 10.6 Å². The predicted molar refractivity (Wildman–Crippen MR) is 150 cm³/mol. The van der Waals surface area contributed by atoms with Gasteiger partial charge in [0.15, 0.2) is 0 Å². The Labute approximate surface area is 235 Å². The summed E-state index contributed by atoms with van der Waals surface area (Å²) in [7, 11) is 0. The summed E-state index contributed by atoms with van der Waals surface area (Å²) in [5, 5.41) is 14.9. The molecule has 0 spiro atoms. The van der Waals surface area contributed by atoms with Gasteiger partial charge in [-0.05, 0) is 63.8 Å². The summed E-state index contributed by atoms with van der Waals surface area (Å²) in [5.74, 6) is -2.17. The van der Waals surface area contributed by atoms with Crippen molar-refractivity contribution < 1.29 is 33.8 Å². The van der Waals surface area contributed by atoms with Crippen LogP contribution < -0.4 is 10.6 Å². The zero-order chi connectivity index (χ0) is 29.7. The number of fused-ring (bicyclic) bond motifs is 3. The lowest BCUT2D eigenvalue weighted by atomic mass is 9.83. The smallest absolute Gasteiger partial charge is 0.410 e. The molecule has 0 bridgehead atoms. The second-order valence-electron chi connectivity index (χ2n) is 11.3. The van der Waals surface area contributed by atoms with Gasteiger partial charge in [0.1, 0.15) is 18.2 Å². The van der Waals surface area contributed by atoms with E-state index in [0.29, 0.717) is 6.54 Å². The minimum Gasteiger partial charge on any atom is -0.480 e. The average Bonchev–Trinajstić information content (AvgIpc) is 3.20. The third-order valence-electron chi connectivity index (χ3n) is 6.86. The van der Waals surface area contributed by atoms with Crippen LogP contribution in [0.2, 0.25) is 0 Å². The Balaban J connectivity index is 1.59. The third kappa shape index (κ3) is 7.11. The van der Waals surface area contributed by atoms with Gasteiger partial charge >= 0.3 is 18.2 Å². The fraction of sp³-hybridized carbons (Fsp3) is 0.467. The maximum Gasteiger partial charge on any atom is 0.410 e. The standard InChI is InChI=1S/C30H39N3O7/c1-7-33(28(38)40-29(2,3)4)17-16-31-26(36)30(5,6)24(25(34)35)32-27(37)39-18-23-21-14-10-8-12-19(21)20-13-9-11-15-22(20)23/h8-15,23-24H,7,16-18H2,1-6H3,(H,31,36)(H,32,37)(H,34,35)/t24-/m1/s1. The lowest BCUT2D eigenvalue weighted by molar-refractivity contribution is -0.147. The number of carboxylic acid groups (broad SMARTS) is 1. The lowest BCUT2D eigenvalue weighted by Gasteiger charge is -2.31. The molecule has 1 aliphatic rings. The number of likely N-dealkylation sites (N-methyl/N-ethyl adjacent to an activating group) is 1. The first kappa shape index (κ1) is 30.5. The highest BCUT2D eigenvalue weighted by atomic mass is 16.6. The quantitative estimate of drug-likeness (QED) is 0.398. The minimum absolute atomic E-state index is 0.0103. The molecule has 0 fully saturated rings. The number of carbonyl (C=O) groups excluding carboxylic acids is 3. The summed E-state index contributed by atoms with van der Waals surface area (Å²) in [6.45, 7) is 10.6. The summed E-state index contributed by atoms with van der Waals surface area (Å²) < 4.78 is 10.8. The molecular weight excluding hydrogens is 514 g/mol. The molecule has 0 saturated heterocycles. The Hall–Kier alpha value is -4.08. The van der Waals surface area contributed by atoms with Crippen molar-refractivity contribution in [3.63, 3.8) is 0 Å². The van der Waals surface area contributed by atoms with Crippen molar-refractivity contribution in [2.75, 3.05) is 26.2 Å². The molecule has 3 N–H and O–H groups in total. The molecule has 0 aromatic heterocycles. The Kier molecular flexibility index (Phi) is 9.44. The maximum atomic E-state index is 13.0. The fourth-order valence-electron chi connectivity index (χ4n) is 4.68. The topological polar surface area (TPSA) is 134 Å². The van der Waals surface area contributed by atoms with Gasteiger partial charge in [-0.25, -0.2) is 14.4 Å². The van der Waals surface area contributed by atoms with Crippen LogP contribution >= 0.6 is 0 Å². The van der Waals surface area contributed by atoms with Gasteiger partial charge in [-0.2, -0.15) is 0 Å². The number of nitrogens with zero attached hydrogens (tertiary/aromatic N) is 1. The van der Waals surface area contributed by atoms with Gasteiger partial charge in [-0.3, -0.25) is 4.79 Å². The van der Waals surface area contributed by atoms with Crippen molar-refractivity contribution in [2.45, 2.75) is 59.1 Å². The molecule has 3 rings (SSSR count). The molecule has 40 heavy (non-hydrogen) atoms. The molecule has 10 heteroatoms. The molecule has 1 aliphatic carbocycles. The van der Waals surface area contributed by atoms with E-state index in [0.717, 1.165) is 22.3 Å². The molecule has 0 heterocycles. The molecule has 0 unspecified atom stereocenters. The van der Waals surface area contributed by atoms with Crippen molar-refractivity contribution in [3.05, 3.63) is 59.7 Å². The molecule has 0 saturated carbocycles. The van der Waals surface area contributed by atoms with E-state index < -0.39 is 41.1 Å². The van der Waals surface area contributed by atoms with Gasteiger partial charge in [0.05, 0.1) is 5.41 Å². The highest BCUT2D eigenvalue weighted by Crippen LogP contribution is 2.44. The highest BCUT2D eigenvalue weighted by molar-refractivity contribution is 5.91. The van der Waals surface area contributed by atoms with Gasteiger partial charge < -0.3 is 30.1 Å². The fourth-order valence-corrected chi connectivity index (χ4v) is 4.68. The van der Waals surface area contributed by atoms with Crippen LogP contribution in [0.25, 0.3) is 11.1 Å². The summed E-state index contributed by atoms with van der Waals surface area (Å²) >= 11 is 0. The van der Waals surface area contributed by atoms with Crippen molar-refractivity contribution in [1.29, 1.82) is 0 Å². The molecule has 0 radical (unpaired) electrons. The van der Waals surface area contributed by atoms with Gasteiger partial charge in [-0.1, -0.05) is 48.5 Å². The summed E-state index contributed by atoms with van der Waals surface area (Å²) in [6.07, 6.45) is -1.44. The minimum atomic E-state index is -1.56.